The third kappa shape index (κ3) is 1.87. The van der Waals surface area contributed by atoms with Crippen molar-refractivity contribution in [1.29, 1.82) is 0 Å². The summed E-state index contributed by atoms with van der Waals surface area (Å²) >= 11 is 1.55. The molecule has 0 unspecified atom stereocenters. The van der Waals surface area contributed by atoms with Crippen molar-refractivity contribution >= 4 is 26.5 Å². The van der Waals surface area contributed by atoms with Crippen LogP contribution in [0.2, 0.25) is 0 Å². The number of fused-ring (bicyclic) bond motifs is 3. The van der Waals surface area contributed by atoms with Gasteiger partial charge >= 0.3 is 0 Å². The van der Waals surface area contributed by atoms with E-state index in [2.05, 4.69) is 18.0 Å². The van der Waals surface area contributed by atoms with E-state index < -0.39 is 0 Å². The van der Waals surface area contributed by atoms with Crippen molar-refractivity contribution in [3.8, 4) is 11.1 Å². The van der Waals surface area contributed by atoms with Gasteiger partial charge in [-0.1, -0.05) is 47.7 Å². The maximum atomic E-state index is 12.8. The molecule has 0 aliphatic carbocycles. The van der Waals surface area contributed by atoms with E-state index in [0.29, 0.717) is 5.56 Å². The number of nitrogens with zero attached hydrogens (tertiary/aromatic N) is 2. The SMILES string of the molecule is Cc1ccc2c(c1)sc1ncc(-c3ccccc3)c(=O)n12. The molecule has 0 amide bonds. The second-order valence-corrected chi connectivity index (χ2v) is 6.04. The first-order chi connectivity index (χ1) is 10.2. The zero-order valence-corrected chi connectivity index (χ0v) is 12.2. The molecule has 4 heteroatoms. The van der Waals surface area contributed by atoms with Crippen molar-refractivity contribution in [3.05, 3.63) is 70.6 Å². The number of benzene rings is 2. The number of rotatable bonds is 1. The first kappa shape index (κ1) is 12.3. The Morgan fingerprint density at radius 1 is 1.10 bits per heavy atom. The highest BCUT2D eigenvalue weighted by Gasteiger charge is 2.12. The smallest absolute Gasteiger partial charge is 0.266 e. The number of aryl methyl sites for hydroxylation is 1. The number of hydrogen-bond donors (Lipinski definition) is 0. The molecule has 3 nitrogen and oxygen atoms in total. The standard InChI is InChI=1S/C17H12N2OS/c1-11-7-8-14-15(9-11)21-17-18-10-13(16(20)19(14)17)12-5-3-2-4-6-12/h2-10H,1H3. The maximum Gasteiger partial charge on any atom is 0.266 e. The van der Waals surface area contributed by atoms with Crippen LogP contribution in [0.15, 0.2) is 59.5 Å². The van der Waals surface area contributed by atoms with E-state index in [4.69, 9.17) is 0 Å². The maximum absolute atomic E-state index is 12.8. The van der Waals surface area contributed by atoms with Crippen molar-refractivity contribution < 1.29 is 0 Å². The lowest BCUT2D eigenvalue weighted by atomic mass is 10.1. The van der Waals surface area contributed by atoms with E-state index in [1.165, 1.54) is 5.56 Å². The van der Waals surface area contributed by atoms with Crippen LogP contribution in [0.25, 0.3) is 26.3 Å². The van der Waals surface area contributed by atoms with Gasteiger partial charge in [-0.15, -0.1) is 0 Å². The molecular formula is C17H12N2OS. The summed E-state index contributed by atoms with van der Waals surface area (Å²) in [6, 6.07) is 15.8. The molecule has 0 radical (unpaired) electrons. The molecule has 21 heavy (non-hydrogen) atoms. The first-order valence-corrected chi connectivity index (χ1v) is 7.52. The summed E-state index contributed by atoms with van der Waals surface area (Å²) in [5.74, 6) is 0. The van der Waals surface area contributed by atoms with Crippen LogP contribution >= 0.6 is 11.3 Å². The van der Waals surface area contributed by atoms with Gasteiger partial charge in [0.15, 0.2) is 4.96 Å². The first-order valence-electron chi connectivity index (χ1n) is 6.70. The summed E-state index contributed by atoms with van der Waals surface area (Å²) in [5.41, 5.74) is 3.63. The van der Waals surface area contributed by atoms with Crippen molar-refractivity contribution in [2.45, 2.75) is 6.92 Å². The van der Waals surface area contributed by atoms with Crippen LogP contribution in [0.5, 0.6) is 0 Å². The van der Waals surface area contributed by atoms with E-state index in [-0.39, 0.29) is 5.56 Å². The van der Waals surface area contributed by atoms with Gasteiger partial charge in [-0.05, 0) is 30.2 Å². The molecule has 0 saturated carbocycles. The molecule has 0 aliphatic rings. The Labute approximate surface area is 125 Å². The van der Waals surface area contributed by atoms with Crippen LogP contribution < -0.4 is 5.56 Å². The zero-order valence-electron chi connectivity index (χ0n) is 11.4. The molecule has 4 rings (SSSR count). The van der Waals surface area contributed by atoms with Gasteiger partial charge in [-0.25, -0.2) is 4.98 Å². The lowest BCUT2D eigenvalue weighted by Crippen LogP contribution is -2.15. The minimum absolute atomic E-state index is 0.0127. The fourth-order valence-corrected chi connectivity index (χ4v) is 3.61. The normalized spacial score (nSPS) is 11.3. The second kappa shape index (κ2) is 4.53. The number of aromatic nitrogens is 2. The summed E-state index contributed by atoms with van der Waals surface area (Å²) in [5, 5.41) is 0. The average Bonchev–Trinajstić information content (AvgIpc) is 2.86. The zero-order chi connectivity index (χ0) is 14.4. The summed E-state index contributed by atoms with van der Waals surface area (Å²) in [4.78, 5) is 18.0. The molecule has 4 aromatic rings. The third-order valence-electron chi connectivity index (χ3n) is 3.57. The average molecular weight is 292 g/mol. The quantitative estimate of drug-likeness (QED) is 0.533. The molecule has 0 fully saturated rings. The topological polar surface area (TPSA) is 34.4 Å². The molecule has 0 N–H and O–H groups in total. The Morgan fingerprint density at radius 2 is 1.90 bits per heavy atom. The minimum atomic E-state index is -0.0127. The van der Waals surface area contributed by atoms with E-state index >= 15 is 0 Å². The molecule has 0 aliphatic heterocycles. The van der Waals surface area contributed by atoms with Crippen LogP contribution in [0, 0.1) is 6.92 Å². The Hall–Kier alpha value is -2.46. The fraction of sp³-hybridized carbons (Fsp3) is 0.0588. The molecule has 102 valence electrons. The predicted molar refractivity (Wildman–Crippen MR) is 87.0 cm³/mol. The van der Waals surface area contributed by atoms with Crippen molar-refractivity contribution in [3.63, 3.8) is 0 Å². The van der Waals surface area contributed by atoms with Crippen molar-refractivity contribution in [1.82, 2.24) is 9.38 Å². The largest absolute Gasteiger partial charge is 0.268 e. The van der Waals surface area contributed by atoms with Crippen LogP contribution in [0.1, 0.15) is 5.56 Å². The van der Waals surface area contributed by atoms with E-state index in [1.54, 1.807) is 21.9 Å². The molecular weight excluding hydrogens is 280 g/mol. The van der Waals surface area contributed by atoms with Crippen LogP contribution in [0.3, 0.4) is 0 Å². The Morgan fingerprint density at radius 3 is 2.71 bits per heavy atom. The van der Waals surface area contributed by atoms with Gasteiger partial charge in [0.2, 0.25) is 0 Å². The molecule has 2 heterocycles. The summed E-state index contributed by atoms with van der Waals surface area (Å²) in [7, 11) is 0. The number of hydrogen-bond acceptors (Lipinski definition) is 3. The van der Waals surface area contributed by atoms with Crippen molar-refractivity contribution in [2.24, 2.45) is 0 Å². The van der Waals surface area contributed by atoms with E-state index in [0.717, 1.165) is 20.7 Å². The van der Waals surface area contributed by atoms with Crippen LogP contribution in [0.4, 0.5) is 0 Å². The van der Waals surface area contributed by atoms with E-state index in [1.807, 2.05) is 42.5 Å². The Kier molecular flexibility index (Phi) is 2.65. The van der Waals surface area contributed by atoms with Gasteiger partial charge in [0, 0.05) is 6.20 Å². The van der Waals surface area contributed by atoms with Gasteiger partial charge in [0.1, 0.15) is 0 Å². The van der Waals surface area contributed by atoms with Gasteiger partial charge < -0.3 is 0 Å². The Bertz CT molecular complexity index is 1020. The fourth-order valence-electron chi connectivity index (χ4n) is 2.53. The van der Waals surface area contributed by atoms with Gasteiger partial charge in [0.25, 0.3) is 5.56 Å². The third-order valence-corrected chi connectivity index (χ3v) is 4.59. The molecule has 0 spiro atoms. The Balaban J connectivity index is 2.11. The molecule has 2 aromatic heterocycles. The summed E-state index contributed by atoms with van der Waals surface area (Å²) in [6.07, 6.45) is 1.68. The minimum Gasteiger partial charge on any atom is -0.268 e. The molecule has 2 aromatic carbocycles. The number of thiazole rings is 1. The van der Waals surface area contributed by atoms with Crippen LogP contribution in [-0.2, 0) is 0 Å². The van der Waals surface area contributed by atoms with Gasteiger partial charge in [-0.3, -0.25) is 9.20 Å². The highest BCUT2D eigenvalue weighted by atomic mass is 32.1. The molecule has 0 bridgehead atoms. The lowest BCUT2D eigenvalue weighted by Gasteiger charge is -2.01. The highest BCUT2D eigenvalue weighted by molar-refractivity contribution is 7.23. The lowest BCUT2D eigenvalue weighted by molar-refractivity contribution is 1.12. The second-order valence-electron chi connectivity index (χ2n) is 5.03. The highest BCUT2D eigenvalue weighted by Crippen LogP contribution is 2.26. The summed E-state index contributed by atoms with van der Waals surface area (Å²) < 4.78 is 2.80. The monoisotopic (exact) mass is 292 g/mol. The molecule has 0 saturated heterocycles. The summed E-state index contributed by atoms with van der Waals surface area (Å²) in [6.45, 7) is 2.05. The van der Waals surface area contributed by atoms with Gasteiger partial charge in [-0.2, -0.15) is 0 Å². The van der Waals surface area contributed by atoms with Crippen LogP contribution in [-0.4, -0.2) is 9.38 Å². The van der Waals surface area contributed by atoms with Crippen molar-refractivity contribution in [2.75, 3.05) is 0 Å². The van der Waals surface area contributed by atoms with E-state index in [9.17, 15) is 4.79 Å². The predicted octanol–water partition coefficient (Wildman–Crippen LogP) is 3.88. The van der Waals surface area contributed by atoms with Gasteiger partial charge in [0.05, 0.1) is 15.8 Å². The molecule has 0 atom stereocenters.